The minimum Gasteiger partial charge on any atom is -0.375 e. The Bertz CT molecular complexity index is 78.2. The van der Waals surface area contributed by atoms with Crippen molar-refractivity contribution >= 4 is 23.2 Å². The highest BCUT2D eigenvalue weighted by molar-refractivity contribution is 6.18. The van der Waals surface area contributed by atoms with Gasteiger partial charge in [0.05, 0.1) is 12.2 Å². The lowest BCUT2D eigenvalue weighted by Gasteiger charge is -2.17. The largest absolute Gasteiger partial charge is 0.375 e. The van der Waals surface area contributed by atoms with E-state index in [1.165, 1.54) is 0 Å². The minimum atomic E-state index is 0.255. The van der Waals surface area contributed by atoms with Crippen molar-refractivity contribution < 1.29 is 4.74 Å². The molecular formula is C8H16Cl2O. The molecule has 0 fully saturated rings. The Balaban J connectivity index is 3.32. The predicted molar refractivity (Wildman–Crippen MR) is 50.7 cm³/mol. The summed E-state index contributed by atoms with van der Waals surface area (Å²) in [7, 11) is 0. The monoisotopic (exact) mass is 198 g/mol. The van der Waals surface area contributed by atoms with Crippen LogP contribution >= 0.6 is 23.2 Å². The molecule has 0 N–H and O–H groups in total. The summed E-state index contributed by atoms with van der Waals surface area (Å²) >= 11 is 11.1. The molecular weight excluding hydrogens is 183 g/mol. The molecule has 0 aromatic rings. The number of ether oxygens (including phenoxy) is 1. The molecule has 0 aliphatic rings. The third kappa shape index (κ3) is 6.92. The molecule has 0 aliphatic heterocycles. The smallest absolute Gasteiger partial charge is 0.0562 e. The van der Waals surface area contributed by atoms with Gasteiger partial charge in [-0.2, -0.15) is 0 Å². The summed E-state index contributed by atoms with van der Waals surface area (Å²) in [6, 6.07) is 0. The van der Waals surface area contributed by atoms with Crippen molar-refractivity contribution in [2.24, 2.45) is 0 Å². The van der Waals surface area contributed by atoms with Crippen molar-refractivity contribution in [3.05, 3.63) is 0 Å². The van der Waals surface area contributed by atoms with E-state index in [0.717, 1.165) is 12.8 Å². The number of rotatable bonds is 6. The fraction of sp³-hybridized carbons (Fsp3) is 1.00. The highest BCUT2D eigenvalue weighted by Gasteiger charge is 2.06. The van der Waals surface area contributed by atoms with Crippen LogP contribution in [0.2, 0.25) is 0 Å². The summed E-state index contributed by atoms with van der Waals surface area (Å²) in [5, 5.41) is 0. The molecule has 0 saturated carbocycles. The highest BCUT2D eigenvalue weighted by atomic mass is 35.5. The third-order valence-electron chi connectivity index (χ3n) is 1.50. The SMILES string of the molecule is CC(CCCl)OC(C)CCCl. The molecule has 68 valence electrons. The number of halogens is 2. The molecule has 2 atom stereocenters. The van der Waals surface area contributed by atoms with Crippen molar-refractivity contribution in [2.75, 3.05) is 11.8 Å². The number of hydrogen-bond acceptors (Lipinski definition) is 1. The lowest BCUT2D eigenvalue weighted by atomic mass is 10.2. The molecule has 0 spiro atoms. The van der Waals surface area contributed by atoms with Gasteiger partial charge in [-0.1, -0.05) is 0 Å². The van der Waals surface area contributed by atoms with Crippen molar-refractivity contribution in [3.8, 4) is 0 Å². The zero-order valence-corrected chi connectivity index (χ0v) is 8.66. The Morgan fingerprint density at radius 1 is 1.00 bits per heavy atom. The average Bonchev–Trinajstić information content (AvgIpc) is 1.87. The summed E-state index contributed by atoms with van der Waals surface area (Å²) in [6.07, 6.45) is 2.33. The second-order valence-corrected chi connectivity index (χ2v) is 3.47. The summed E-state index contributed by atoms with van der Waals surface area (Å²) in [6.45, 7) is 4.07. The minimum absolute atomic E-state index is 0.255. The first-order chi connectivity index (χ1) is 5.20. The van der Waals surface area contributed by atoms with Gasteiger partial charge in [-0.25, -0.2) is 0 Å². The maximum atomic E-state index is 5.56. The molecule has 3 heteroatoms. The zero-order chi connectivity index (χ0) is 8.69. The van der Waals surface area contributed by atoms with E-state index in [0.29, 0.717) is 11.8 Å². The van der Waals surface area contributed by atoms with E-state index < -0.39 is 0 Å². The van der Waals surface area contributed by atoms with E-state index >= 15 is 0 Å². The summed E-state index contributed by atoms with van der Waals surface area (Å²) < 4.78 is 5.56. The van der Waals surface area contributed by atoms with E-state index in [2.05, 4.69) is 0 Å². The van der Waals surface area contributed by atoms with Crippen molar-refractivity contribution in [3.63, 3.8) is 0 Å². The lowest BCUT2D eigenvalue weighted by molar-refractivity contribution is 0.00603. The second kappa shape index (κ2) is 7.20. The molecule has 11 heavy (non-hydrogen) atoms. The Hall–Kier alpha value is 0.540. The maximum Gasteiger partial charge on any atom is 0.0562 e. The van der Waals surface area contributed by atoms with Gasteiger partial charge in [-0.3, -0.25) is 0 Å². The highest BCUT2D eigenvalue weighted by Crippen LogP contribution is 2.06. The molecule has 1 nitrogen and oxygen atoms in total. The van der Waals surface area contributed by atoms with Crippen LogP contribution in [0.15, 0.2) is 0 Å². The maximum absolute atomic E-state index is 5.56. The van der Waals surface area contributed by atoms with Crippen LogP contribution in [0.5, 0.6) is 0 Å². The van der Waals surface area contributed by atoms with Crippen LogP contribution in [0.25, 0.3) is 0 Å². The second-order valence-electron chi connectivity index (χ2n) is 2.71. The first-order valence-electron chi connectivity index (χ1n) is 3.98. The average molecular weight is 199 g/mol. The van der Waals surface area contributed by atoms with Crippen molar-refractivity contribution in [1.82, 2.24) is 0 Å². The summed E-state index contributed by atoms with van der Waals surface area (Å²) in [4.78, 5) is 0. The van der Waals surface area contributed by atoms with Gasteiger partial charge in [0.15, 0.2) is 0 Å². The third-order valence-corrected chi connectivity index (χ3v) is 1.93. The molecule has 0 rings (SSSR count). The van der Waals surface area contributed by atoms with Gasteiger partial charge >= 0.3 is 0 Å². The Labute approximate surface area is 79.0 Å². The zero-order valence-electron chi connectivity index (χ0n) is 7.15. The van der Waals surface area contributed by atoms with Crippen LogP contribution in [0.1, 0.15) is 26.7 Å². The van der Waals surface area contributed by atoms with Gasteiger partial charge in [0.25, 0.3) is 0 Å². The predicted octanol–water partition coefficient (Wildman–Crippen LogP) is 3.04. The molecule has 0 radical (unpaired) electrons. The van der Waals surface area contributed by atoms with E-state index in [4.69, 9.17) is 27.9 Å². The van der Waals surface area contributed by atoms with Gasteiger partial charge in [-0.05, 0) is 26.7 Å². The van der Waals surface area contributed by atoms with Gasteiger partial charge in [-0.15, -0.1) is 23.2 Å². The molecule has 0 aliphatic carbocycles. The molecule has 0 aromatic heterocycles. The quantitative estimate of drug-likeness (QED) is 0.597. The van der Waals surface area contributed by atoms with Crippen LogP contribution < -0.4 is 0 Å². The van der Waals surface area contributed by atoms with Gasteiger partial charge in [0, 0.05) is 11.8 Å². The molecule has 0 aromatic carbocycles. The Kier molecular flexibility index (Phi) is 7.56. The number of hydrogen-bond donors (Lipinski definition) is 0. The van der Waals surface area contributed by atoms with E-state index in [9.17, 15) is 0 Å². The van der Waals surface area contributed by atoms with Gasteiger partial charge in [0.1, 0.15) is 0 Å². The summed E-state index contributed by atoms with van der Waals surface area (Å²) in [5.41, 5.74) is 0. The first kappa shape index (κ1) is 11.5. The molecule has 0 saturated heterocycles. The van der Waals surface area contributed by atoms with Crippen LogP contribution in [0, 0.1) is 0 Å². The van der Waals surface area contributed by atoms with Gasteiger partial charge < -0.3 is 4.74 Å². The van der Waals surface area contributed by atoms with Crippen LogP contribution in [0.3, 0.4) is 0 Å². The number of alkyl halides is 2. The normalized spacial score (nSPS) is 16.4. The fourth-order valence-corrected chi connectivity index (χ4v) is 1.45. The molecule has 0 bridgehead atoms. The first-order valence-corrected chi connectivity index (χ1v) is 5.05. The van der Waals surface area contributed by atoms with Gasteiger partial charge in [0.2, 0.25) is 0 Å². The van der Waals surface area contributed by atoms with Crippen molar-refractivity contribution in [1.29, 1.82) is 0 Å². The van der Waals surface area contributed by atoms with Crippen molar-refractivity contribution in [2.45, 2.75) is 38.9 Å². The summed E-state index contributed by atoms with van der Waals surface area (Å²) in [5.74, 6) is 1.32. The molecule has 2 unspecified atom stereocenters. The fourth-order valence-electron chi connectivity index (χ4n) is 0.840. The standard InChI is InChI=1S/C8H16Cl2O/c1-7(3-5-9)11-8(2)4-6-10/h7-8H,3-6H2,1-2H3. The molecule has 0 amide bonds. The van der Waals surface area contributed by atoms with Crippen LogP contribution in [-0.4, -0.2) is 24.0 Å². The van der Waals surface area contributed by atoms with Crippen LogP contribution in [0.4, 0.5) is 0 Å². The molecule has 0 heterocycles. The Morgan fingerprint density at radius 2 is 1.36 bits per heavy atom. The van der Waals surface area contributed by atoms with Crippen LogP contribution in [-0.2, 0) is 4.74 Å². The topological polar surface area (TPSA) is 9.23 Å². The van der Waals surface area contributed by atoms with E-state index in [1.807, 2.05) is 13.8 Å². The lowest BCUT2D eigenvalue weighted by Crippen LogP contribution is -2.17. The Morgan fingerprint density at radius 3 is 1.64 bits per heavy atom. The van der Waals surface area contributed by atoms with E-state index in [1.54, 1.807) is 0 Å². The van der Waals surface area contributed by atoms with E-state index in [-0.39, 0.29) is 12.2 Å².